The van der Waals surface area contributed by atoms with Crippen molar-refractivity contribution in [1.29, 1.82) is 0 Å². The van der Waals surface area contributed by atoms with E-state index in [1.165, 1.54) is 24.2 Å². The predicted octanol–water partition coefficient (Wildman–Crippen LogP) is 3.03. The van der Waals surface area contributed by atoms with Crippen LogP contribution in [0.2, 0.25) is 0 Å². The molecular weight excluding hydrogens is 264 g/mol. The van der Waals surface area contributed by atoms with Gasteiger partial charge in [0.15, 0.2) is 5.11 Å². The minimum Gasteiger partial charge on any atom is -0.346 e. The number of hydrogen-bond donors (Lipinski definition) is 1. The van der Waals surface area contributed by atoms with Gasteiger partial charge in [-0.15, -0.1) is 11.3 Å². The van der Waals surface area contributed by atoms with Crippen LogP contribution in [-0.2, 0) is 0 Å². The first-order chi connectivity index (χ1) is 8.72. The summed E-state index contributed by atoms with van der Waals surface area (Å²) in [6.45, 7) is 3.13. The molecule has 1 N–H and O–H groups in total. The van der Waals surface area contributed by atoms with Crippen LogP contribution in [0.4, 0.5) is 0 Å². The van der Waals surface area contributed by atoms with E-state index in [0.717, 1.165) is 19.4 Å². The van der Waals surface area contributed by atoms with E-state index in [1.807, 2.05) is 17.5 Å². The quantitative estimate of drug-likeness (QED) is 0.846. The summed E-state index contributed by atoms with van der Waals surface area (Å²) < 4.78 is 0. The van der Waals surface area contributed by atoms with E-state index in [4.69, 9.17) is 12.2 Å². The fraction of sp³-hybridized carbons (Fsp3) is 0.538. The maximum absolute atomic E-state index is 11.9. The summed E-state index contributed by atoms with van der Waals surface area (Å²) in [5, 5.41) is 5.33. The van der Waals surface area contributed by atoms with Gasteiger partial charge in [0, 0.05) is 12.6 Å². The molecule has 5 heteroatoms. The molecule has 1 aliphatic rings. The Hall–Kier alpha value is -0.940. The van der Waals surface area contributed by atoms with E-state index in [-0.39, 0.29) is 5.91 Å². The Bertz CT molecular complexity index is 417. The highest BCUT2D eigenvalue weighted by Crippen LogP contribution is 2.19. The molecule has 1 atom stereocenters. The fourth-order valence-electron chi connectivity index (χ4n) is 2.33. The molecule has 0 aromatic carbocycles. The largest absolute Gasteiger partial charge is 0.346 e. The predicted molar refractivity (Wildman–Crippen MR) is 79.0 cm³/mol. The molecule has 1 aromatic heterocycles. The first-order valence-electron chi connectivity index (χ1n) is 6.38. The molecule has 0 aliphatic carbocycles. The van der Waals surface area contributed by atoms with E-state index in [2.05, 4.69) is 17.1 Å². The zero-order chi connectivity index (χ0) is 13.0. The third-order valence-corrected chi connectivity index (χ3v) is 4.53. The standard InChI is InChI=1S/C13H18N2OS2/c1-2-10-6-3-4-8-15(10)13(17)14-12(16)11-7-5-9-18-11/h5,7,9-10H,2-4,6,8H2,1H3,(H,14,16,17). The first kappa shape index (κ1) is 13.5. The molecule has 18 heavy (non-hydrogen) atoms. The zero-order valence-corrected chi connectivity index (χ0v) is 12.1. The lowest BCUT2D eigenvalue weighted by molar-refractivity contribution is 0.0973. The van der Waals surface area contributed by atoms with Gasteiger partial charge >= 0.3 is 0 Å². The third kappa shape index (κ3) is 3.09. The molecule has 1 saturated heterocycles. The Labute approximate surface area is 117 Å². The lowest BCUT2D eigenvalue weighted by Gasteiger charge is -2.36. The first-order valence-corrected chi connectivity index (χ1v) is 7.66. The number of carbonyl (C=O) groups excluding carboxylic acids is 1. The number of nitrogens with zero attached hydrogens (tertiary/aromatic N) is 1. The molecule has 1 aromatic rings. The van der Waals surface area contributed by atoms with Crippen molar-refractivity contribution in [2.75, 3.05) is 6.54 Å². The minimum atomic E-state index is -0.0876. The zero-order valence-electron chi connectivity index (χ0n) is 10.5. The van der Waals surface area contributed by atoms with Crippen LogP contribution < -0.4 is 5.32 Å². The number of hydrogen-bond acceptors (Lipinski definition) is 3. The van der Waals surface area contributed by atoms with Crippen molar-refractivity contribution in [2.24, 2.45) is 0 Å². The number of thiocarbonyl (C=S) groups is 1. The smallest absolute Gasteiger partial charge is 0.267 e. The molecule has 0 spiro atoms. The second-order valence-electron chi connectivity index (χ2n) is 4.49. The van der Waals surface area contributed by atoms with Crippen LogP contribution in [-0.4, -0.2) is 28.5 Å². The normalized spacial score (nSPS) is 19.6. The number of likely N-dealkylation sites (tertiary alicyclic amines) is 1. The maximum Gasteiger partial charge on any atom is 0.267 e. The van der Waals surface area contributed by atoms with Gasteiger partial charge in [-0.25, -0.2) is 0 Å². The molecule has 0 radical (unpaired) electrons. The van der Waals surface area contributed by atoms with Crippen molar-refractivity contribution in [2.45, 2.75) is 38.6 Å². The van der Waals surface area contributed by atoms with E-state index in [0.29, 0.717) is 16.0 Å². The van der Waals surface area contributed by atoms with E-state index in [1.54, 1.807) is 0 Å². The van der Waals surface area contributed by atoms with Crippen molar-refractivity contribution in [3.63, 3.8) is 0 Å². The fourth-order valence-corrected chi connectivity index (χ4v) is 3.28. The van der Waals surface area contributed by atoms with Gasteiger partial charge in [-0.1, -0.05) is 13.0 Å². The highest BCUT2D eigenvalue weighted by atomic mass is 32.1. The van der Waals surface area contributed by atoms with Crippen LogP contribution in [0.15, 0.2) is 17.5 Å². The highest BCUT2D eigenvalue weighted by Gasteiger charge is 2.24. The van der Waals surface area contributed by atoms with Crippen molar-refractivity contribution in [3.8, 4) is 0 Å². The second kappa shape index (κ2) is 6.29. The molecule has 98 valence electrons. The van der Waals surface area contributed by atoms with Gasteiger partial charge in [-0.2, -0.15) is 0 Å². The summed E-state index contributed by atoms with van der Waals surface area (Å²) in [5.41, 5.74) is 0. The van der Waals surface area contributed by atoms with Gasteiger partial charge in [0.2, 0.25) is 0 Å². The summed E-state index contributed by atoms with van der Waals surface area (Å²) in [7, 11) is 0. The van der Waals surface area contributed by atoms with Gasteiger partial charge in [-0.05, 0) is 49.3 Å². The molecule has 0 saturated carbocycles. The number of rotatable bonds is 2. The number of thiophene rings is 1. The van der Waals surface area contributed by atoms with Crippen LogP contribution in [0.5, 0.6) is 0 Å². The Balaban J connectivity index is 1.96. The van der Waals surface area contributed by atoms with Crippen LogP contribution in [0, 0.1) is 0 Å². The summed E-state index contributed by atoms with van der Waals surface area (Å²) in [5.74, 6) is -0.0876. The van der Waals surface area contributed by atoms with Gasteiger partial charge in [0.25, 0.3) is 5.91 Å². The Morgan fingerprint density at radius 1 is 1.61 bits per heavy atom. The molecule has 2 heterocycles. The van der Waals surface area contributed by atoms with E-state index < -0.39 is 0 Å². The Morgan fingerprint density at radius 3 is 3.11 bits per heavy atom. The summed E-state index contributed by atoms with van der Waals surface area (Å²) >= 11 is 6.80. The SMILES string of the molecule is CCC1CCCCN1C(=S)NC(=O)c1cccs1. The molecule has 2 rings (SSSR count). The average molecular weight is 282 g/mol. The van der Waals surface area contributed by atoms with Gasteiger partial charge in [0.1, 0.15) is 0 Å². The van der Waals surface area contributed by atoms with Gasteiger partial charge in [0.05, 0.1) is 4.88 Å². The van der Waals surface area contributed by atoms with Crippen molar-refractivity contribution < 1.29 is 4.79 Å². The minimum absolute atomic E-state index is 0.0876. The van der Waals surface area contributed by atoms with Crippen LogP contribution in [0.1, 0.15) is 42.3 Å². The monoisotopic (exact) mass is 282 g/mol. The third-order valence-electron chi connectivity index (χ3n) is 3.32. The van der Waals surface area contributed by atoms with Gasteiger partial charge in [-0.3, -0.25) is 10.1 Å². The average Bonchev–Trinajstić information content (AvgIpc) is 2.92. The van der Waals surface area contributed by atoms with Crippen molar-refractivity contribution in [3.05, 3.63) is 22.4 Å². The molecule has 1 amide bonds. The second-order valence-corrected chi connectivity index (χ2v) is 5.82. The number of carbonyl (C=O) groups is 1. The molecule has 1 aliphatic heterocycles. The topological polar surface area (TPSA) is 32.3 Å². The number of piperidine rings is 1. The van der Waals surface area contributed by atoms with Crippen LogP contribution in [0.3, 0.4) is 0 Å². The molecular formula is C13H18N2OS2. The maximum atomic E-state index is 11.9. The van der Waals surface area contributed by atoms with Crippen molar-refractivity contribution in [1.82, 2.24) is 10.2 Å². The van der Waals surface area contributed by atoms with E-state index in [9.17, 15) is 4.79 Å². The highest BCUT2D eigenvalue weighted by molar-refractivity contribution is 7.80. The Morgan fingerprint density at radius 2 is 2.44 bits per heavy atom. The summed E-state index contributed by atoms with van der Waals surface area (Å²) in [4.78, 5) is 14.8. The van der Waals surface area contributed by atoms with Gasteiger partial charge < -0.3 is 4.90 Å². The molecule has 3 nitrogen and oxygen atoms in total. The molecule has 1 unspecified atom stereocenters. The van der Waals surface area contributed by atoms with E-state index >= 15 is 0 Å². The van der Waals surface area contributed by atoms with Crippen molar-refractivity contribution >= 4 is 34.6 Å². The number of nitrogens with one attached hydrogen (secondary N) is 1. The Kier molecular flexibility index (Phi) is 4.72. The molecule has 1 fully saturated rings. The summed E-state index contributed by atoms with van der Waals surface area (Å²) in [6, 6.07) is 4.17. The summed E-state index contributed by atoms with van der Waals surface area (Å²) in [6.07, 6.45) is 4.67. The molecule has 0 bridgehead atoms. The van der Waals surface area contributed by atoms with Crippen LogP contribution in [0.25, 0.3) is 0 Å². The number of amides is 1. The lowest BCUT2D eigenvalue weighted by atomic mass is 10.0. The lowest BCUT2D eigenvalue weighted by Crippen LogP contribution is -2.49. The van der Waals surface area contributed by atoms with Crippen LogP contribution >= 0.6 is 23.6 Å².